The third kappa shape index (κ3) is 2.19. The van der Waals surface area contributed by atoms with Gasteiger partial charge in [-0.15, -0.1) is 0 Å². The molecule has 0 radical (unpaired) electrons. The second kappa shape index (κ2) is 5.21. The predicted molar refractivity (Wildman–Crippen MR) is 71.4 cm³/mol. The van der Waals surface area contributed by atoms with E-state index in [2.05, 4.69) is 24.3 Å². The third-order valence-corrected chi connectivity index (χ3v) is 4.32. The summed E-state index contributed by atoms with van der Waals surface area (Å²) in [6.45, 7) is 0.947. The van der Waals surface area contributed by atoms with E-state index in [1.54, 1.807) is 14.2 Å². The van der Waals surface area contributed by atoms with Crippen LogP contribution in [0.4, 0.5) is 0 Å². The van der Waals surface area contributed by atoms with E-state index in [0.717, 1.165) is 25.8 Å². The summed E-state index contributed by atoms with van der Waals surface area (Å²) in [6.07, 6.45) is 2.96. The Hall–Kier alpha value is -0.940. The van der Waals surface area contributed by atoms with Crippen LogP contribution in [0, 0.1) is 0 Å². The van der Waals surface area contributed by atoms with Crippen molar-refractivity contribution in [1.29, 1.82) is 0 Å². The van der Waals surface area contributed by atoms with Crippen molar-refractivity contribution in [2.45, 2.75) is 37.2 Å². The van der Waals surface area contributed by atoms with Crippen LogP contribution >= 0.6 is 0 Å². The maximum absolute atomic E-state index is 6.08. The third-order valence-electron chi connectivity index (χ3n) is 4.32. The van der Waals surface area contributed by atoms with Gasteiger partial charge in [0, 0.05) is 33.6 Å². The molecule has 4 nitrogen and oxygen atoms in total. The normalized spacial score (nSPS) is 30.2. The lowest BCUT2D eigenvalue weighted by Crippen LogP contribution is -2.55. The number of piperidine rings is 1. The molecule has 0 spiro atoms. The first kappa shape index (κ1) is 13.1. The Morgan fingerprint density at radius 3 is 2.63 bits per heavy atom. The van der Waals surface area contributed by atoms with Crippen LogP contribution in [0.15, 0.2) is 30.3 Å². The molecule has 2 saturated heterocycles. The molecule has 1 aromatic carbocycles. The monoisotopic (exact) mass is 263 g/mol. The van der Waals surface area contributed by atoms with Gasteiger partial charge in [0.1, 0.15) is 6.10 Å². The van der Waals surface area contributed by atoms with Crippen molar-refractivity contribution in [2.24, 2.45) is 0 Å². The quantitative estimate of drug-likeness (QED) is 0.784. The van der Waals surface area contributed by atoms with E-state index in [4.69, 9.17) is 14.3 Å². The smallest absolute Gasteiger partial charge is 0.185 e. The van der Waals surface area contributed by atoms with Gasteiger partial charge in [0.05, 0.1) is 6.04 Å². The zero-order chi connectivity index (χ0) is 13.3. The molecule has 1 aromatic rings. The first-order chi connectivity index (χ1) is 9.29. The molecule has 2 aliphatic heterocycles. The highest BCUT2D eigenvalue weighted by atomic mass is 16.7. The number of hydrogen-bond donors (Lipinski definition) is 0. The zero-order valence-electron chi connectivity index (χ0n) is 11.5. The average Bonchev–Trinajstić information content (AvgIpc) is 2.92. The van der Waals surface area contributed by atoms with E-state index in [1.807, 2.05) is 11.1 Å². The second-order valence-electron chi connectivity index (χ2n) is 5.22. The molecule has 104 valence electrons. The average molecular weight is 263 g/mol. The van der Waals surface area contributed by atoms with E-state index in [1.165, 1.54) is 5.56 Å². The lowest BCUT2D eigenvalue weighted by molar-refractivity contribution is -0.297. The topological polar surface area (TPSA) is 30.9 Å². The van der Waals surface area contributed by atoms with Crippen LogP contribution in [-0.4, -0.2) is 37.7 Å². The number of nitrogens with zero attached hydrogens (tertiary/aromatic N) is 1. The Bertz CT molecular complexity index is 419. The van der Waals surface area contributed by atoms with E-state index in [9.17, 15) is 0 Å². The van der Waals surface area contributed by atoms with Crippen molar-refractivity contribution < 1.29 is 14.3 Å². The first-order valence-corrected chi connectivity index (χ1v) is 6.88. The maximum Gasteiger partial charge on any atom is 0.185 e. The summed E-state index contributed by atoms with van der Waals surface area (Å²) in [7, 11) is 3.45. The molecule has 4 heteroatoms. The van der Waals surface area contributed by atoms with Crippen LogP contribution in [0.3, 0.4) is 0 Å². The van der Waals surface area contributed by atoms with Crippen LogP contribution in [0.25, 0.3) is 0 Å². The summed E-state index contributed by atoms with van der Waals surface area (Å²) in [6, 6.07) is 10.5. The molecular formula is C15H21NO3. The van der Waals surface area contributed by atoms with E-state index >= 15 is 0 Å². The van der Waals surface area contributed by atoms with Crippen molar-refractivity contribution in [2.75, 3.05) is 20.8 Å². The van der Waals surface area contributed by atoms with Crippen molar-refractivity contribution in [3.63, 3.8) is 0 Å². The van der Waals surface area contributed by atoms with Crippen molar-refractivity contribution >= 4 is 0 Å². The van der Waals surface area contributed by atoms with Gasteiger partial charge in [-0.3, -0.25) is 4.84 Å². The van der Waals surface area contributed by atoms with Gasteiger partial charge in [0.2, 0.25) is 0 Å². The van der Waals surface area contributed by atoms with Gasteiger partial charge in [-0.05, 0) is 12.0 Å². The summed E-state index contributed by atoms with van der Waals surface area (Å²) in [5.41, 5.74) is 1.22. The Labute approximate surface area is 114 Å². The lowest BCUT2D eigenvalue weighted by Gasteiger charge is -2.43. The number of ether oxygens (including phenoxy) is 2. The Morgan fingerprint density at radius 1 is 1.21 bits per heavy atom. The lowest BCUT2D eigenvalue weighted by atomic mass is 9.91. The highest BCUT2D eigenvalue weighted by Crippen LogP contribution is 2.43. The molecule has 3 rings (SSSR count). The van der Waals surface area contributed by atoms with Gasteiger partial charge in [-0.2, -0.15) is 5.06 Å². The summed E-state index contributed by atoms with van der Waals surface area (Å²) in [4.78, 5) is 6.08. The number of methoxy groups -OCH3 is 2. The number of rotatable bonds is 3. The zero-order valence-corrected chi connectivity index (χ0v) is 11.5. The van der Waals surface area contributed by atoms with Gasteiger partial charge < -0.3 is 9.47 Å². The Balaban J connectivity index is 1.82. The van der Waals surface area contributed by atoms with Crippen molar-refractivity contribution in [3.05, 3.63) is 35.9 Å². The molecule has 2 aliphatic rings. The largest absolute Gasteiger partial charge is 0.352 e. The van der Waals surface area contributed by atoms with Crippen LogP contribution in [0.2, 0.25) is 0 Å². The molecule has 0 bridgehead atoms. The molecule has 2 heterocycles. The summed E-state index contributed by atoms with van der Waals surface area (Å²) in [5, 5.41) is 2.05. The number of benzene rings is 1. The Morgan fingerprint density at radius 2 is 1.95 bits per heavy atom. The maximum atomic E-state index is 6.08. The van der Waals surface area contributed by atoms with Crippen LogP contribution in [0.1, 0.15) is 30.9 Å². The first-order valence-electron chi connectivity index (χ1n) is 6.88. The van der Waals surface area contributed by atoms with Crippen LogP contribution < -0.4 is 0 Å². The van der Waals surface area contributed by atoms with Crippen molar-refractivity contribution in [1.82, 2.24) is 5.06 Å². The predicted octanol–water partition coefficient (Wildman–Crippen LogP) is 2.52. The number of hydrogen-bond acceptors (Lipinski definition) is 4. The van der Waals surface area contributed by atoms with Crippen LogP contribution in [0.5, 0.6) is 0 Å². The highest BCUT2D eigenvalue weighted by Gasteiger charge is 2.51. The fourth-order valence-corrected chi connectivity index (χ4v) is 3.28. The molecular weight excluding hydrogens is 242 g/mol. The molecule has 0 unspecified atom stereocenters. The van der Waals surface area contributed by atoms with Gasteiger partial charge in [0.15, 0.2) is 5.79 Å². The molecule has 0 amide bonds. The highest BCUT2D eigenvalue weighted by molar-refractivity contribution is 5.19. The Kier molecular flexibility index (Phi) is 3.58. The standard InChI is InChI=1S/C15H21NO3/c1-17-15(18-2)9-6-10-16-14(15)11-13(19-16)12-7-4-3-5-8-12/h3-5,7-8,13-14H,6,9-11H2,1-2H3/t13-,14-/m0/s1. The van der Waals surface area contributed by atoms with Gasteiger partial charge in [0.25, 0.3) is 0 Å². The van der Waals surface area contributed by atoms with Gasteiger partial charge in [-0.1, -0.05) is 30.3 Å². The summed E-state index contributed by atoms with van der Waals surface area (Å²) in [5.74, 6) is -0.526. The summed E-state index contributed by atoms with van der Waals surface area (Å²) >= 11 is 0. The van der Waals surface area contributed by atoms with Crippen molar-refractivity contribution in [3.8, 4) is 0 Å². The van der Waals surface area contributed by atoms with Gasteiger partial charge in [-0.25, -0.2) is 0 Å². The molecule has 0 N–H and O–H groups in total. The fourth-order valence-electron chi connectivity index (χ4n) is 3.28. The minimum Gasteiger partial charge on any atom is -0.352 e. The van der Waals surface area contributed by atoms with E-state index in [-0.39, 0.29) is 12.1 Å². The van der Waals surface area contributed by atoms with E-state index < -0.39 is 5.79 Å². The van der Waals surface area contributed by atoms with E-state index in [0.29, 0.717) is 0 Å². The van der Waals surface area contributed by atoms with Gasteiger partial charge >= 0.3 is 0 Å². The molecule has 2 atom stereocenters. The SMILES string of the molecule is COC1(OC)CCCN2O[C@H](c3ccccc3)C[C@H]21. The second-order valence-corrected chi connectivity index (χ2v) is 5.22. The molecule has 2 fully saturated rings. The minimum atomic E-state index is -0.526. The minimum absolute atomic E-state index is 0.106. The molecule has 0 aliphatic carbocycles. The molecule has 0 saturated carbocycles. The fraction of sp³-hybridized carbons (Fsp3) is 0.600. The van der Waals surface area contributed by atoms with Crippen LogP contribution in [-0.2, 0) is 14.3 Å². The molecule has 0 aromatic heterocycles. The molecule has 19 heavy (non-hydrogen) atoms. The number of hydroxylamine groups is 2. The summed E-state index contributed by atoms with van der Waals surface area (Å²) < 4.78 is 11.4. The number of fused-ring (bicyclic) bond motifs is 1.